The van der Waals surface area contributed by atoms with Crippen LogP contribution < -0.4 is 5.32 Å². The van der Waals surface area contributed by atoms with Crippen LogP contribution in [0.5, 0.6) is 0 Å². The highest BCUT2D eigenvalue weighted by Crippen LogP contribution is 2.13. The first-order valence-electron chi connectivity index (χ1n) is 7.24. The largest absolute Gasteiger partial charge is 0.347 e. The monoisotopic (exact) mass is 301 g/mol. The molecule has 0 saturated heterocycles. The zero-order valence-electron chi connectivity index (χ0n) is 12.7. The highest BCUT2D eigenvalue weighted by molar-refractivity contribution is 5.92. The molecule has 0 fully saturated rings. The molecule has 2 amide bonds. The fourth-order valence-corrected chi connectivity index (χ4v) is 2.62. The molecule has 0 bridgehead atoms. The van der Waals surface area contributed by atoms with Gasteiger partial charge in [-0.25, -0.2) is 4.98 Å². The molecule has 0 atom stereocenters. The van der Waals surface area contributed by atoms with Crippen LogP contribution in [0.15, 0.2) is 24.5 Å². The van der Waals surface area contributed by atoms with Crippen molar-refractivity contribution in [1.82, 2.24) is 24.3 Å². The average molecular weight is 301 g/mol. The number of hydrogen-bond acceptors (Lipinski definition) is 3. The highest BCUT2D eigenvalue weighted by atomic mass is 16.2. The van der Waals surface area contributed by atoms with Gasteiger partial charge in [0, 0.05) is 39.5 Å². The third-order valence-electron chi connectivity index (χ3n) is 3.90. The zero-order valence-corrected chi connectivity index (χ0v) is 12.7. The molecule has 1 aliphatic rings. The fraction of sp³-hybridized carbons (Fsp3) is 0.400. The molecule has 3 heterocycles. The Kier molecular flexibility index (Phi) is 3.70. The van der Waals surface area contributed by atoms with Gasteiger partial charge in [0.05, 0.1) is 18.8 Å². The molecule has 2 aromatic heterocycles. The molecule has 116 valence electrons. The number of carbonyl (C=O) groups excluding carboxylic acids is 2. The Labute approximate surface area is 128 Å². The van der Waals surface area contributed by atoms with E-state index in [-0.39, 0.29) is 11.8 Å². The van der Waals surface area contributed by atoms with Gasteiger partial charge in [0.1, 0.15) is 11.5 Å². The summed E-state index contributed by atoms with van der Waals surface area (Å²) in [6, 6.07) is 3.61. The zero-order chi connectivity index (χ0) is 15.7. The maximum Gasteiger partial charge on any atom is 0.268 e. The molecule has 22 heavy (non-hydrogen) atoms. The maximum atomic E-state index is 12.1. The number of nitrogens with zero attached hydrogens (tertiary/aromatic N) is 4. The fourth-order valence-electron chi connectivity index (χ4n) is 2.62. The molecule has 0 aromatic carbocycles. The second-order valence-electron chi connectivity index (χ2n) is 5.47. The number of carbonyl (C=O) groups is 2. The van der Waals surface area contributed by atoms with Crippen LogP contribution in [0.25, 0.3) is 0 Å². The first-order chi connectivity index (χ1) is 10.5. The molecule has 1 N–H and O–H groups in total. The standard InChI is InChI=1S/C15H19N5O2/c1-11(21)19-6-7-20-9-12(17-14(20)10-19)8-16-15(22)13-4-3-5-18(13)2/h3-5,9H,6-8,10H2,1-2H3,(H,16,22). The van der Waals surface area contributed by atoms with Crippen molar-refractivity contribution in [2.45, 2.75) is 26.6 Å². The average Bonchev–Trinajstić information content (AvgIpc) is 3.09. The van der Waals surface area contributed by atoms with E-state index in [1.165, 1.54) is 0 Å². The van der Waals surface area contributed by atoms with Gasteiger partial charge in [-0.2, -0.15) is 0 Å². The third kappa shape index (κ3) is 2.74. The third-order valence-corrected chi connectivity index (χ3v) is 3.90. The van der Waals surface area contributed by atoms with Crippen LogP contribution in [0, 0.1) is 0 Å². The van der Waals surface area contributed by atoms with Crippen molar-refractivity contribution in [2.24, 2.45) is 7.05 Å². The summed E-state index contributed by atoms with van der Waals surface area (Å²) in [4.78, 5) is 29.8. The molecule has 3 rings (SSSR count). The van der Waals surface area contributed by atoms with Gasteiger partial charge in [0.25, 0.3) is 5.91 Å². The summed E-state index contributed by atoms with van der Waals surface area (Å²) in [5.41, 5.74) is 1.43. The van der Waals surface area contributed by atoms with Crippen molar-refractivity contribution in [1.29, 1.82) is 0 Å². The number of amides is 2. The number of hydrogen-bond donors (Lipinski definition) is 1. The summed E-state index contributed by atoms with van der Waals surface area (Å²) >= 11 is 0. The molecule has 7 nitrogen and oxygen atoms in total. The maximum absolute atomic E-state index is 12.1. The van der Waals surface area contributed by atoms with E-state index >= 15 is 0 Å². The smallest absolute Gasteiger partial charge is 0.268 e. The number of rotatable bonds is 3. The van der Waals surface area contributed by atoms with Crippen LogP contribution in [0.4, 0.5) is 0 Å². The molecule has 0 saturated carbocycles. The molecule has 7 heteroatoms. The van der Waals surface area contributed by atoms with Gasteiger partial charge < -0.3 is 19.4 Å². The van der Waals surface area contributed by atoms with Gasteiger partial charge in [0.2, 0.25) is 5.91 Å². The normalized spacial score (nSPS) is 13.8. The Balaban J connectivity index is 1.64. The van der Waals surface area contributed by atoms with Gasteiger partial charge in [-0.3, -0.25) is 9.59 Å². The molecular formula is C15H19N5O2. The summed E-state index contributed by atoms with van der Waals surface area (Å²) in [5, 5.41) is 2.87. The topological polar surface area (TPSA) is 72.2 Å². The second-order valence-corrected chi connectivity index (χ2v) is 5.47. The van der Waals surface area contributed by atoms with Crippen molar-refractivity contribution in [3.8, 4) is 0 Å². The lowest BCUT2D eigenvalue weighted by molar-refractivity contribution is -0.130. The van der Waals surface area contributed by atoms with Crippen LogP contribution in [0.3, 0.4) is 0 Å². The van der Waals surface area contributed by atoms with Crippen molar-refractivity contribution < 1.29 is 9.59 Å². The lowest BCUT2D eigenvalue weighted by atomic mass is 10.3. The number of aryl methyl sites for hydroxylation is 1. The van der Waals surface area contributed by atoms with Crippen LogP contribution in [-0.2, 0) is 31.5 Å². The van der Waals surface area contributed by atoms with Gasteiger partial charge in [-0.15, -0.1) is 0 Å². The summed E-state index contributed by atoms with van der Waals surface area (Å²) in [6.45, 7) is 3.92. The minimum absolute atomic E-state index is 0.0628. The van der Waals surface area contributed by atoms with Crippen LogP contribution in [0.2, 0.25) is 0 Å². The SMILES string of the molecule is CC(=O)N1CCn2cc(CNC(=O)c3cccn3C)nc2C1. The molecule has 0 aliphatic carbocycles. The van der Waals surface area contributed by atoms with Gasteiger partial charge in [-0.1, -0.05) is 0 Å². The van der Waals surface area contributed by atoms with E-state index in [4.69, 9.17) is 0 Å². The predicted molar refractivity (Wildman–Crippen MR) is 79.9 cm³/mol. The minimum Gasteiger partial charge on any atom is -0.347 e. The van der Waals surface area contributed by atoms with Crippen molar-refractivity contribution in [3.05, 3.63) is 41.7 Å². The van der Waals surface area contributed by atoms with E-state index < -0.39 is 0 Å². The van der Waals surface area contributed by atoms with E-state index in [2.05, 4.69) is 10.3 Å². The van der Waals surface area contributed by atoms with E-state index in [0.717, 1.165) is 18.1 Å². The van der Waals surface area contributed by atoms with Crippen molar-refractivity contribution >= 4 is 11.8 Å². The Morgan fingerprint density at radius 1 is 1.36 bits per heavy atom. The lowest BCUT2D eigenvalue weighted by Gasteiger charge is -2.26. The number of fused-ring (bicyclic) bond motifs is 1. The summed E-state index contributed by atoms with van der Waals surface area (Å²) in [6.07, 6.45) is 3.78. The summed E-state index contributed by atoms with van der Waals surface area (Å²) in [7, 11) is 1.83. The van der Waals surface area contributed by atoms with Crippen molar-refractivity contribution in [3.63, 3.8) is 0 Å². The van der Waals surface area contributed by atoms with Crippen LogP contribution >= 0.6 is 0 Å². The van der Waals surface area contributed by atoms with Crippen LogP contribution in [0.1, 0.15) is 28.9 Å². The predicted octanol–water partition coefficient (Wildman–Crippen LogP) is 0.514. The second kappa shape index (κ2) is 5.67. The van der Waals surface area contributed by atoms with E-state index in [1.807, 2.05) is 30.1 Å². The lowest BCUT2D eigenvalue weighted by Crippen LogP contribution is -2.36. The van der Waals surface area contributed by atoms with Crippen molar-refractivity contribution in [2.75, 3.05) is 6.54 Å². The molecule has 1 aliphatic heterocycles. The first kappa shape index (κ1) is 14.4. The van der Waals surface area contributed by atoms with E-state index in [9.17, 15) is 9.59 Å². The Bertz CT molecular complexity index is 715. The first-order valence-corrected chi connectivity index (χ1v) is 7.24. The molecule has 0 spiro atoms. The quantitative estimate of drug-likeness (QED) is 0.898. The molecule has 0 radical (unpaired) electrons. The highest BCUT2D eigenvalue weighted by Gasteiger charge is 2.20. The number of nitrogens with one attached hydrogen (secondary N) is 1. The van der Waals surface area contributed by atoms with Gasteiger partial charge in [0.15, 0.2) is 0 Å². The number of aromatic nitrogens is 3. The van der Waals surface area contributed by atoms with Gasteiger partial charge in [-0.05, 0) is 12.1 Å². The summed E-state index contributed by atoms with van der Waals surface area (Å²) in [5.74, 6) is 0.807. The van der Waals surface area contributed by atoms with E-state index in [0.29, 0.717) is 25.3 Å². The number of imidazole rings is 1. The summed E-state index contributed by atoms with van der Waals surface area (Å²) < 4.78 is 3.82. The Morgan fingerprint density at radius 3 is 2.86 bits per heavy atom. The van der Waals surface area contributed by atoms with E-state index in [1.54, 1.807) is 22.5 Å². The molecular weight excluding hydrogens is 282 g/mol. The Hall–Kier alpha value is -2.57. The minimum atomic E-state index is -0.121. The van der Waals surface area contributed by atoms with Gasteiger partial charge >= 0.3 is 0 Å². The molecule has 2 aromatic rings. The Morgan fingerprint density at radius 2 is 2.18 bits per heavy atom. The molecule has 0 unspecified atom stereocenters. The van der Waals surface area contributed by atoms with Crippen LogP contribution in [-0.4, -0.2) is 37.4 Å².